The van der Waals surface area contributed by atoms with E-state index in [9.17, 15) is 4.39 Å². The van der Waals surface area contributed by atoms with Crippen molar-refractivity contribution in [1.82, 2.24) is 0 Å². The Labute approximate surface area is 65.7 Å². The Balaban J connectivity index is -0.0000000450. The molecule has 0 saturated carbocycles. The van der Waals surface area contributed by atoms with E-state index in [1.165, 1.54) is 0 Å². The van der Waals surface area contributed by atoms with Crippen molar-refractivity contribution >= 4 is 50.4 Å². The first kappa shape index (κ1) is 15.8. The second kappa shape index (κ2) is 9.26. The van der Waals surface area contributed by atoms with Crippen molar-refractivity contribution in [1.29, 1.82) is 5.41 Å². The van der Waals surface area contributed by atoms with E-state index in [-0.39, 0.29) is 44.3 Å². The minimum absolute atomic E-state index is 0. The summed E-state index contributed by atoms with van der Waals surface area (Å²) in [5.41, 5.74) is 4.03. The van der Waals surface area contributed by atoms with Gasteiger partial charge in [0.15, 0.2) is 0 Å². The van der Waals surface area contributed by atoms with E-state index in [4.69, 9.17) is 5.41 Å². The summed E-state index contributed by atoms with van der Waals surface area (Å²) in [6, 6.07) is 0. The second-order valence-corrected chi connectivity index (χ2v) is 0.348. The normalized spacial score (nSPS) is 4.17. The van der Waals surface area contributed by atoms with Gasteiger partial charge in [0, 0.05) is 0 Å². The Morgan fingerprint density at radius 2 is 1.67 bits per heavy atom. The van der Waals surface area contributed by atoms with Crippen LogP contribution in [0.5, 0.6) is 0 Å². The second-order valence-electron chi connectivity index (χ2n) is 0.348. The maximum absolute atomic E-state index is 10.4. The van der Waals surface area contributed by atoms with Crippen molar-refractivity contribution in [3.8, 4) is 0 Å². The predicted octanol–water partition coefficient (Wildman–Crippen LogP) is -0.489. The van der Waals surface area contributed by atoms with Crippen LogP contribution in [-0.2, 0) is 0 Å². The molecule has 0 amide bonds. The van der Waals surface area contributed by atoms with Gasteiger partial charge in [0.25, 0.3) is 6.09 Å². The van der Waals surface area contributed by atoms with Gasteiger partial charge >= 0.3 is 27.3 Å². The first-order chi connectivity index (χ1) is 1.73. The van der Waals surface area contributed by atoms with Gasteiger partial charge in [0.05, 0.1) is 0 Å². The quantitative estimate of drug-likeness (QED) is 0.263. The molecule has 2 radical (unpaired) electrons. The molecule has 2 nitrogen and oxygen atoms in total. The zero-order valence-electron chi connectivity index (χ0n) is 3.07. The van der Waals surface area contributed by atoms with E-state index in [1.54, 1.807) is 0 Å². The van der Waals surface area contributed by atoms with E-state index >= 15 is 0 Å². The van der Waals surface area contributed by atoms with Crippen molar-refractivity contribution in [3.05, 3.63) is 0 Å². The molecule has 0 bridgehead atoms. The maximum atomic E-state index is 10.4. The summed E-state index contributed by atoms with van der Waals surface area (Å²) in [6.45, 7) is 0. The molecule has 0 fully saturated rings. The summed E-state index contributed by atoms with van der Waals surface area (Å²) < 4.78 is 10.4. The van der Waals surface area contributed by atoms with Gasteiger partial charge in [-0.05, 0) is 0 Å². The molecular weight excluding hydrogens is 346 g/mol. The number of rotatable bonds is 0. The zero-order chi connectivity index (χ0) is 3.58. The van der Waals surface area contributed by atoms with Crippen LogP contribution in [0.4, 0.5) is 4.39 Å². The zero-order valence-corrected chi connectivity index (χ0v) is 10.3. The Kier molecular flexibility index (Phi) is 24.4. The van der Waals surface area contributed by atoms with Gasteiger partial charge in [0.1, 0.15) is 0 Å². The van der Waals surface area contributed by atoms with Gasteiger partial charge in [-0.15, -0.1) is 17.0 Å². The summed E-state index contributed by atoms with van der Waals surface area (Å²) in [6.07, 6.45) is -1.33. The molecule has 0 aromatic heterocycles. The summed E-state index contributed by atoms with van der Waals surface area (Å²) >= 11 is 0. The third kappa shape index (κ3) is 108. The third-order valence-corrected chi connectivity index (χ3v) is 0. The molecule has 3 N–H and O–H groups in total. The van der Waals surface area contributed by atoms with Crippen LogP contribution < -0.4 is 5.73 Å². The van der Waals surface area contributed by atoms with Crippen LogP contribution in [0.2, 0.25) is 0 Å². The van der Waals surface area contributed by atoms with Crippen LogP contribution in [0.15, 0.2) is 0 Å². The van der Waals surface area contributed by atoms with Crippen LogP contribution in [-0.4, -0.2) is 33.4 Å². The fourth-order valence-corrected chi connectivity index (χ4v) is 0. The monoisotopic (exact) mass is 352 g/mol. The van der Waals surface area contributed by atoms with Gasteiger partial charge in [-0.2, -0.15) is 4.39 Å². The first-order valence-electron chi connectivity index (χ1n) is 0.728. The SMILES string of the molecule is Br.N=C(N)F.[PbH2]. The predicted molar refractivity (Wildman–Crippen MR) is 31.9 cm³/mol. The number of halogens is 2. The van der Waals surface area contributed by atoms with Crippen LogP contribution in [0, 0.1) is 5.41 Å². The van der Waals surface area contributed by atoms with Crippen LogP contribution >= 0.6 is 17.0 Å². The molecule has 0 aromatic carbocycles. The van der Waals surface area contributed by atoms with E-state index in [1.807, 2.05) is 0 Å². The standard InChI is InChI=1S/CH3FN2.BrH.Pb.2H/c2-1(3)4;;;;/h(H3,3,4);1H;;;. The molecule has 38 valence electrons. The fourth-order valence-electron chi connectivity index (χ4n) is 0. The molecule has 0 heterocycles. The van der Waals surface area contributed by atoms with E-state index in [2.05, 4.69) is 5.73 Å². The Hall–Kier alpha value is 0.802. The Bertz CT molecular complexity index is 36.5. The molecule has 0 aliphatic heterocycles. The van der Waals surface area contributed by atoms with Crippen molar-refractivity contribution < 1.29 is 4.39 Å². The fraction of sp³-hybridized carbons (Fsp3) is 0. The molecule has 0 saturated heterocycles. The van der Waals surface area contributed by atoms with Crippen molar-refractivity contribution in [2.45, 2.75) is 0 Å². The first-order valence-corrected chi connectivity index (χ1v) is 0.728. The third-order valence-electron chi connectivity index (χ3n) is 0. The summed E-state index contributed by atoms with van der Waals surface area (Å²) in [4.78, 5) is 0. The number of hydrogen-bond acceptors (Lipinski definition) is 1. The number of nitrogens with two attached hydrogens (primary N) is 1. The van der Waals surface area contributed by atoms with Gasteiger partial charge in [0.2, 0.25) is 0 Å². The van der Waals surface area contributed by atoms with E-state index in [0.717, 1.165) is 0 Å². The van der Waals surface area contributed by atoms with Crippen LogP contribution in [0.25, 0.3) is 0 Å². The van der Waals surface area contributed by atoms with Gasteiger partial charge in [-0.1, -0.05) is 0 Å². The van der Waals surface area contributed by atoms with Gasteiger partial charge < -0.3 is 5.73 Å². The molecule has 0 atom stereocenters. The summed E-state index contributed by atoms with van der Waals surface area (Å²) in [7, 11) is 0. The molecule has 0 aliphatic carbocycles. The molecule has 5 heteroatoms. The average Bonchev–Trinajstić information content (AvgIpc) is 0.811. The summed E-state index contributed by atoms with van der Waals surface area (Å²) in [5, 5.41) is 5.61. The Morgan fingerprint density at radius 3 is 1.67 bits per heavy atom. The topological polar surface area (TPSA) is 49.9 Å². The number of amidine groups is 1. The van der Waals surface area contributed by atoms with Crippen molar-refractivity contribution in [3.63, 3.8) is 0 Å². The van der Waals surface area contributed by atoms with Crippen LogP contribution in [0.3, 0.4) is 0 Å². The van der Waals surface area contributed by atoms with E-state index in [0.29, 0.717) is 0 Å². The molecule has 0 unspecified atom stereocenters. The molecule has 0 spiro atoms. The molecule has 0 rings (SSSR count). The van der Waals surface area contributed by atoms with Crippen molar-refractivity contribution in [2.75, 3.05) is 0 Å². The summed E-state index contributed by atoms with van der Waals surface area (Å²) in [5.74, 6) is 0. The van der Waals surface area contributed by atoms with E-state index < -0.39 is 6.09 Å². The van der Waals surface area contributed by atoms with Gasteiger partial charge in [-0.3, -0.25) is 5.41 Å². The molecule has 0 aliphatic rings. The van der Waals surface area contributed by atoms with Gasteiger partial charge in [-0.25, -0.2) is 0 Å². The number of hydrogen-bond donors (Lipinski definition) is 2. The Morgan fingerprint density at radius 1 is 1.67 bits per heavy atom. The number of nitrogens with one attached hydrogen (secondary N) is 1. The molecule has 6 heavy (non-hydrogen) atoms. The van der Waals surface area contributed by atoms with Crippen molar-refractivity contribution in [2.24, 2.45) is 5.73 Å². The molecular formula is CH6BrFN2Pb. The minimum atomic E-state index is -1.33. The molecule has 0 aromatic rings. The van der Waals surface area contributed by atoms with Crippen LogP contribution in [0.1, 0.15) is 0 Å². The average molecular weight is 352 g/mol.